The van der Waals surface area contributed by atoms with Gasteiger partial charge in [0.25, 0.3) is 0 Å². The second kappa shape index (κ2) is 9.13. The number of piperidine rings is 1. The highest BCUT2D eigenvalue weighted by Crippen LogP contribution is 2.34. The molecule has 3 rings (SSSR count). The topological polar surface area (TPSA) is 29.5 Å². The lowest BCUT2D eigenvalue weighted by Crippen LogP contribution is -2.33. The molecule has 1 aliphatic heterocycles. The summed E-state index contributed by atoms with van der Waals surface area (Å²) in [7, 11) is 0. The molecule has 0 bridgehead atoms. The van der Waals surface area contributed by atoms with Gasteiger partial charge in [0.05, 0.1) is 11.7 Å². The van der Waals surface area contributed by atoms with E-state index in [0.717, 1.165) is 25.1 Å². The van der Waals surface area contributed by atoms with Crippen LogP contribution >= 0.6 is 0 Å². The Kier molecular flexibility index (Phi) is 6.79. The van der Waals surface area contributed by atoms with Crippen molar-refractivity contribution >= 4 is 5.97 Å². The van der Waals surface area contributed by atoms with Crippen molar-refractivity contribution in [3.05, 3.63) is 70.8 Å². The molecule has 0 saturated carbocycles. The van der Waals surface area contributed by atoms with Crippen LogP contribution in [0, 0.1) is 0 Å². The molecule has 0 amide bonds. The van der Waals surface area contributed by atoms with Crippen LogP contribution in [0.5, 0.6) is 0 Å². The van der Waals surface area contributed by atoms with Crippen molar-refractivity contribution in [3.63, 3.8) is 0 Å². The molecule has 0 aromatic heterocycles. The Morgan fingerprint density at radius 2 is 1.76 bits per heavy atom. The fourth-order valence-electron chi connectivity index (χ4n) is 4.12. The predicted molar refractivity (Wildman–Crippen MR) is 119 cm³/mol. The maximum absolute atomic E-state index is 12.6. The number of carbonyl (C=O) groups excluding carboxylic acids is 1. The summed E-state index contributed by atoms with van der Waals surface area (Å²) >= 11 is 0. The summed E-state index contributed by atoms with van der Waals surface area (Å²) in [6.07, 6.45) is 3.50. The number of likely N-dealkylation sites (tertiary alicyclic amines) is 1. The lowest BCUT2D eigenvalue weighted by atomic mass is 9.85. The van der Waals surface area contributed by atoms with E-state index in [1.54, 1.807) is 0 Å². The number of benzene rings is 2. The number of ether oxygens (including phenoxy) is 1. The van der Waals surface area contributed by atoms with Crippen molar-refractivity contribution in [1.29, 1.82) is 0 Å². The third-order valence-electron chi connectivity index (χ3n) is 5.73. The normalized spacial score (nSPS) is 18.1. The van der Waals surface area contributed by atoms with E-state index in [-0.39, 0.29) is 17.5 Å². The number of hydrogen-bond acceptors (Lipinski definition) is 3. The first-order valence-electron chi connectivity index (χ1n) is 10.9. The van der Waals surface area contributed by atoms with Gasteiger partial charge >= 0.3 is 5.97 Å². The molecule has 2 aromatic carbocycles. The fourth-order valence-corrected chi connectivity index (χ4v) is 4.12. The van der Waals surface area contributed by atoms with Crippen molar-refractivity contribution < 1.29 is 9.53 Å². The third-order valence-corrected chi connectivity index (χ3v) is 5.73. The van der Waals surface area contributed by atoms with Gasteiger partial charge in [-0.1, -0.05) is 69.7 Å². The first-order valence-corrected chi connectivity index (χ1v) is 10.9. The zero-order valence-electron chi connectivity index (χ0n) is 18.6. The fraction of sp³-hybridized carbons (Fsp3) is 0.500. The van der Waals surface area contributed by atoms with Gasteiger partial charge in [0.15, 0.2) is 0 Å². The molecular weight excluding hydrogens is 358 g/mol. The predicted octanol–water partition coefficient (Wildman–Crippen LogP) is 6.28. The Bertz CT molecular complexity index is 817. The molecule has 2 aromatic rings. The van der Waals surface area contributed by atoms with Crippen molar-refractivity contribution in [2.45, 2.75) is 78.0 Å². The van der Waals surface area contributed by atoms with E-state index in [9.17, 15) is 4.79 Å². The summed E-state index contributed by atoms with van der Waals surface area (Å²) in [5.41, 5.74) is 4.65. The Balaban J connectivity index is 1.82. The lowest BCUT2D eigenvalue weighted by Gasteiger charge is -2.36. The van der Waals surface area contributed by atoms with E-state index in [2.05, 4.69) is 56.0 Å². The van der Waals surface area contributed by atoms with Crippen molar-refractivity contribution in [2.75, 3.05) is 6.54 Å². The van der Waals surface area contributed by atoms with Gasteiger partial charge in [-0.3, -0.25) is 4.90 Å². The Morgan fingerprint density at radius 3 is 2.41 bits per heavy atom. The maximum atomic E-state index is 12.6. The van der Waals surface area contributed by atoms with Crippen LogP contribution in [0.4, 0.5) is 0 Å². The highest BCUT2D eigenvalue weighted by molar-refractivity contribution is 5.91. The molecular formula is C26H35NO2. The van der Waals surface area contributed by atoms with E-state index in [4.69, 9.17) is 4.74 Å². The zero-order chi connectivity index (χ0) is 21.0. The van der Waals surface area contributed by atoms with Crippen LogP contribution in [0.1, 0.15) is 87.0 Å². The molecule has 1 unspecified atom stereocenters. The number of rotatable bonds is 5. The molecule has 1 saturated heterocycles. The summed E-state index contributed by atoms with van der Waals surface area (Å²) in [4.78, 5) is 15.1. The van der Waals surface area contributed by atoms with Gasteiger partial charge in [0.1, 0.15) is 0 Å². The Labute approximate surface area is 176 Å². The first kappa shape index (κ1) is 21.6. The van der Waals surface area contributed by atoms with Crippen LogP contribution < -0.4 is 0 Å². The second-order valence-electron chi connectivity index (χ2n) is 9.47. The van der Waals surface area contributed by atoms with Gasteiger partial charge in [-0.05, 0) is 61.4 Å². The molecule has 0 spiro atoms. The van der Waals surface area contributed by atoms with Crippen LogP contribution in [0.15, 0.2) is 48.5 Å². The van der Waals surface area contributed by atoms with Crippen molar-refractivity contribution in [3.8, 4) is 0 Å². The van der Waals surface area contributed by atoms with Crippen LogP contribution in [0.3, 0.4) is 0 Å². The van der Waals surface area contributed by atoms with E-state index in [1.807, 2.05) is 32.0 Å². The van der Waals surface area contributed by atoms with E-state index in [0.29, 0.717) is 11.6 Å². The van der Waals surface area contributed by atoms with E-state index < -0.39 is 0 Å². The van der Waals surface area contributed by atoms with Crippen molar-refractivity contribution in [1.82, 2.24) is 4.90 Å². The molecule has 3 nitrogen and oxygen atoms in total. The minimum atomic E-state index is -0.223. The van der Waals surface area contributed by atoms with E-state index >= 15 is 0 Å². The molecule has 0 aliphatic carbocycles. The summed E-state index contributed by atoms with van der Waals surface area (Å²) in [6.45, 7) is 12.4. The van der Waals surface area contributed by atoms with Crippen molar-refractivity contribution in [2.24, 2.45) is 0 Å². The van der Waals surface area contributed by atoms with Crippen LogP contribution in [0.2, 0.25) is 0 Å². The molecule has 1 aliphatic rings. The average molecular weight is 394 g/mol. The van der Waals surface area contributed by atoms with Crippen LogP contribution in [0.25, 0.3) is 0 Å². The molecule has 1 atom stereocenters. The first-order chi connectivity index (χ1) is 13.8. The zero-order valence-corrected chi connectivity index (χ0v) is 18.6. The van der Waals surface area contributed by atoms with Gasteiger partial charge in [-0.15, -0.1) is 0 Å². The van der Waals surface area contributed by atoms with Gasteiger partial charge < -0.3 is 4.74 Å². The molecule has 29 heavy (non-hydrogen) atoms. The van der Waals surface area contributed by atoms with Crippen LogP contribution in [-0.4, -0.2) is 23.5 Å². The number of esters is 1. The number of carbonyl (C=O) groups is 1. The number of hydrogen-bond donors (Lipinski definition) is 0. The molecule has 0 radical (unpaired) electrons. The molecule has 3 heteroatoms. The maximum Gasteiger partial charge on any atom is 0.338 e. The van der Waals surface area contributed by atoms with Crippen LogP contribution in [-0.2, 0) is 16.7 Å². The number of nitrogens with zero attached hydrogens (tertiary/aromatic N) is 1. The highest BCUT2D eigenvalue weighted by Gasteiger charge is 2.26. The summed E-state index contributed by atoms with van der Waals surface area (Å²) in [5.74, 6) is -0.223. The SMILES string of the molecule is CC(C)OC(=O)c1ccccc1CN1CCCCC1c1ccc(C(C)(C)C)cc1. The highest BCUT2D eigenvalue weighted by atomic mass is 16.5. The Hall–Kier alpha value is -2.13. The average Bonchev–Trinajstić information content (AvgIpc) is 2.68. The summed E-state index contributed by atoms with van der Waals surface area (Å²) in [5, 5.41) is 0. The molecule has 1 fully saturated rings. The third kappa shape index (κ3) is 5.48. The van der Waals surface area contributed by atoms with Gasteiger partial charge in [0.2, 0.25) is 0 Å². The minimum absolute atomic E-state index is 0.111. The van der Waals surface area contributed by atoms with Gasteiger partial charge in [-0.25, -0.2) is 4.79 Å². The summed E-state index contributed by atoms with van der Waals surface area (Å²) in [6, 6.07) is 17.4. The lowest BCUT2D eigenvalue weighted by molar-refractivity contribution is 0.0374. The smallest absolute Gasteiger partial charge is 0.338 e. The van der Waals surface area contributed by atoms with Gasteiger partial charge in [-0.2, -0.15) is 0 Å². The van der Waals surface area contributed by atoms with E-state index in [1.165, 1.54) is 24.0 Å². The molecule has 156 valence electrons. The summed E-state index contributed by atoms with van der Waals surface area (Å²) < 4.78 is 5.47. The molecule has 0 N–H and O–H groups in total. The second-order valence-corrected chi connectivity index (χ2v) is 9.47. The molecule has 1 heterocycles. The van der Waals surface area contributed by atoms with Gasteiger partial charge in [0, 0.05) is 12.6 Å². The standard InChI is InChI=1S/C26H35NO2/c1-19(2)29-25(28)23-11-7-6-10-21(23)18-27-17-9-8-12-24(27)20-13-15-22(16-14-20)26(3,4)5/h6-7,10-11,13-16,19,24H,8-9,12,17-18H2,1-5H3. The monoisotopic (exact) mass is 393 g/mol. The quantitative estimate of drug-likeness (QED) is 0.560. The largest absolute Gasteiger partial charge is 0.459 e. The minimum Gasteiger partial charge on any atom is -0.459 e. The Morgan fingerprint density at radius 1 is 1.07 bits per heavy atom.